The Bertz CT molecular complexity index is 510. The van der Waals surface area contributed by atoms with Gasteiger partial charge in [-0.3, -0.25) is 0 Å². The summed E-state index contributed by atoms with van der Waals surface area (Å²) in [6.07, 6.45) is 1.46. The molecule has 0 radical (unpaired) electrons. The highest BCUT2D eigenvalue weighted by Crippen LogP contribution is 2.32. The lowest BCUT2D eigenvalue weighted by atomic mass is 10.2. The molecule has 18 heavy (non-hydrogen) atoms. The van der Waals surface area contributed by atoms with E-state index < -0.39 is 11.6 Å². The van der Waals surface area contributed by atoms with Crippen LogP contribution in [0.3, 0.4) is 0 Å². The van der Waals surface area contributed by atoms with Gasteiger partial charge in [-0.1, -0.05) is 17.4 Å². The monoisotopic (exact) mass is 270 g/mol. The van der Waals surface area contributed by atoms with E-state index >= 15 is 0 Å². The second-order valence-corrected chi connectivity index (χ2v) is 4.58. The van der Waals surface area contributed by atoms with Gasteiger partial charge >= 0.3 is 0 Å². The zero-order valence-electron chi connectivity index (χ0n) is 9.74. The molecule has 0 aliphatic heterocycles. The molecule has 1 N–H and O–H groups in total. The quantitative estimate of drug-likeness (QED) is 0.847. The molecule has 0 saturated heterocycles. The van der Waals surface area contributed by atoms with Gasteiger partial charge in [-0.05, 0) is 12.1 Å². The highest BCUT2D eigenvalue weighted by atomic mass is 32.1. The third-order valence-electron chi connectivity index (χ3n) is 2.30. The van der Waals surface area contributed by atoms with Crippen molar-refractivity contribution in [2.45, 2.75) is 0 Å². The number of nitrogens with one attached hydrogen (secondary N) is 1. The molecule has 1 aromatic heterocycles. The maximum Gasteiger partial charge on any atom is 0.183 e. The molecule has 96 valence electrons. The van der Waals surface area contributed by atoms with Crippen molar-refractivity contribution in [2.75, 3.05) is 25.6 Å². The lowest BCUT2D eigenvalue weighted by Crippen LogP contribution is -2.06. The van der Waals surface area contributed by atoms with Crippen LogP contribution in [0.25, 0.3) is 10.4 Å². The summed E-state index contributed by atoms with van der Waals surface area (Å²) in [7, 11) is 1.60. The normalized spacial score (nSPS) is 10.6. The standard InChI is InChI=1S/C12H12F2N2OS/c1-17-6-5-15-12-16-7-10(18-12)11-8(13)3-2-4-9(11)14/h2-4,7H,5-6H2,1H3,(H,15,16). The summed E-state index contributed by atoms with van der Waals surface area (Å²) in [4.78, 5) is 4.53. The minimum absolute atomic E-state index is 0.0326. The van der Waals surface area contributed by atoms with Crippen molar-refractivity contribution in [1.29, 1.82) is 0 Å². The molecule has 1 aromatic carbocycles. The number of aromatic nitrogens is 1. The van der Waals surface area contributed by atoms with Crippen LogP contribution in [-0.2, 0) is 4.74 Å². The van der Waals surface area contributed by atoms with Gasteiger partial charge < -0.3 is 10.1 Å². The first-order valence-corrected chi connectivity index (χ1v) is 6.17. The molecule has 0 saturated carbocycles. The number of thiazole rings is 1. The van der Waals surface area contributed by atoms with Crippen molar-refractivity contribution in [1.82, 2.24) is 4.98 Å². The Kier molecular flexibility index (Phi) is 4.22. The van der Waals surface area contributed by atoms with Gasteiger partial charge in [0.15, 0.2) is 5.13 Å². The van der Waals surface area contributed by atoms with Crippen molar-refractivity contribution in [2.24, 2.45) is 0 Å². The van der Waals surface area contributed by atoms with Gasteiger partial charge in [0.05, 0.1) is 17.0 Å². The molecule has 2 rings (SSSR count). The highest BCUT2D eigenvalue weighted by molar-refractivity contribution is 7.18. The summed E-state index contributed by atoms with van der Waals surface area (Å²) in [6.45, 7) is 1.15. The van der Waals surface area contributed by atoms with Crippen molar-refractivity contribution >= 4 is 16.5 Å². The second-order valence-electron chi connectivity index (χ2n) is 3.55. The largest absolute Gasteiger partial charge is 0.383 e. The molecule has 0 fully saturated rings. The van der Waals surface area contributed by atoms with Crippen LogP contribution in [-0.4, -0.2) is 25.2 Å². The molecular weight excluding hydrogens is 258 g/mol. The number of hydrogen-bond acceptors (Lipinski definition) is 4. The third-order valence-corrected chi connectivity index (χ3v) is 3.27. The van der Waals surface area contributed by atoms with E-state index in [1.54, 1.807) is 7.11 Å². The van der Waals surface area contributed by atoms with Gasteiger partial charge in [0.1, 0.15) is 11.6 Å². The molecule has 0 aliphatic rings. The third kappa shape index (κ3) is 2.83. The molecule has 0 atom stereocenters. The fourth-order valence-corrected chi connectivity index (χ4v) is 2.36. The molecule has 3 nitrogen and oxygen atoms in total. The van der Waals surface area contributed by atoms with Crippen LogP contribution < -0.4 is 5.32 Å². The number of halogens is 2. The molecule has 2 aromatic rings. The van der Waals surface area contributed by atoms with Crippen LogP contribution in [0.1, 0.15) is 0 Å². The number of rotatable bonds is 5. The predicted octanol–water partition coefficient (Wildman–Crippen LogP) is 3.15. The summed E-state index contributed by atoms with van der Waals surface area (Å²) in [5.74, 6) is -1.16. The summed E-state index contributed by atoms with van der Waals surface area (Å²) >= 11 is 1.21. The minimum atomic E-state index is -0.581. The first-order chi connectivity index (χ1) is 8.72. The topological polar surface area (TPSA) is 34.1 Å². The Balaban J connectivity index is 2.19. The molecule has 0 bridgehead atoms. The van der Waals surface area contributed by atoms with E-state index in [0.717, 1.165) is 0 Å². The Morgan fingerprint density at radius 3 is 2.72 bits per heavy atom. The smallest absolute Gasteiger partial charge is 0.183 e. The average molecular weight is 270 g/mol. The lowest BCUT2D eigenvalue weighted by Gasteiger charge is -2.01. The summed E-state index contributed by atoms with van der Waals surface area (Å²) in [5.41, 5.74) is -0.0326. The number of benzene rings is 1. The highest BCUT2D eigenvalue weighted by Gasteiger charge is 2.13. The zero-order chi connectivity index (χ0) is 13.0. The lowest BCUT2D eigenvalue weighted by molar-refractivity contribution is 0.211. The summed E-state index contributed by atoms with van der Waals surface area (Å²) < 4.78 is 32.0. The van der Waals surface area contributed by atoms with Gasteiger partial charge in [0, 0.05) is 19.9 Å². The SMILES string of the molecule is COCCNc1ncc(-c2c(F)cccc2F)s1. The van der Waals surface area contributed by atoms with Crippen molar-refractivity contribution in [3.8, 4) is 10.4 Å². The van der Waals surface area contributed by atoms with E-state index in [1.807, 2.05) is 0 Å². The second kappa shape index (κ2) is 5.88. The van der Waals surface area contributed by atoms with Gasteiger partial charge in [0.2, 0.25) is 0 Å². The number of ether oxygens (including phenoxy) is 1. The molecule has 1 heterocycles. The molecule has 0 aliphatic carbocycles. The van der Waals surface area contributed by atoms with Crippen LogP contribution in [0.2, 0.25) is 0 Å². The minimum Gasteiger partial charge on any atom is -0.383 e. The Morgan fingerprint density at radius 2 is 2.06 bits per heavy atom. The van der Waals surface area contributed by atoms with E-state index in [-0.39, 0.29) is 5.56 Å². The molecule has 0 amide bonds. The van der Waals surface area contributed by atoms with Crippen LogP contribution in [0.4, 0.5) is 13.9 Å². The first kappa shape index (κ1) is 12.9. The number of methoxy groups -OCH3 is 1. The number of hydrogen-bond donors (Lipinski definition) is 1. The average Bonchev–Trinajstić information content (AvgIpc) is 2.78. The van der Waals surface area contributed by atoms with Crippen molar-refractivity contribution < 1.29 is 13.5 Å². The molecule has 6 heteroatoms. The van der Waals surface area contributed by atoms with Gasteiger partial charge in [-0.15, -0.1) is 0 Å². The Morgan fingerprint density at radius 1 is 1.33 bits per heavy atom. The number of anilines is 1. The first-order valence-electron chi connectivity index (χ1n) is 5.35. The van der Waals surface area contributed by atoms with Crippen molar-refractivity contribution in [3.63, 3.8) is 0 Å². The maximum atomic E-state index is 13.6. The van der Waals surface area contributed by atoms with Gasteiger partial charge in [-0.2, -0.15) is 0 Å². The van der Waals surface area contributed by atoms with Gasteiger partial charge in [-0.25, -0.2) is 13.8 Å². The van der Waals surface area contributed by atoms with E-state index in [1.165, 1.54) is 35.7 Å². The summed E-state index contributed by atoms with van der Waals surface area (Å²) in [5, 5.41) is 3.63. The van der Waals surface area contributed by atoms with Gasteiger partial charge in [0.25, 0.3) is 0 Å². The fraction of sp³-hybridized carbons (Fsp3) is 0.250. The Labute approximate surface area is 107 Å². The molecule has 0 unspecified atom stereocenters. The van der Waals surface area contributed by atoms with Crippen LogP contribution in [0, 0.1) is 11.6 Å². The predicted molar refractivity (Wildman–Crippen MR) is 67.8 cm³/mol. The fourth-order valence-electron chi connectivity index (χ4n) is 1.46. The van der Waals surface area contributed by atoms with E-state index in [2.05, 4.69) is 10.3 Å². The zero-order valence-corrected chi connectivity index (χ0v) is 10.6. The van der Waals surface area contributed by atoms with Crippen LogP contribution in [0.5, 0.6) is 0 Å². The van der Waals surface area contributed by atoms with E-state index in [9.17, 15) is 8.78 Å². The van der Waals surface area contributed by atoms with Crippen LogP contribution >= 0.6 is 11.3 Å². The van der Waals surface area contributed by atoms with E-state index in [0.29, 0.717) is 23.2 Å². The number of nitrogens with zero attached hydrogens (tertiary/aromatic N) is 1. The maximum absolute atomic E-state index is 13.6. The van der Waals surface area contributed by atoms with E-state index in [4.69, 9.17) is 4.74 Å². The van der Waals surface area contributed by atoms with Crippen molar-refractivity contribution in [3.05, 3.63) is 36.0 Å². The molecular formula is C12H12F2N2OS. The Hall–Kier alpha value is -1.53. The van der Waals surface area contributed by atoms with Crippen LogP contribution in [0.15, 0.2) is 24.4 Å². The summed E-state index contributed by atoms with van der Waals surface area (Å²) in [6, 6.07) is 3.80. The molecule has 0 spiro atoms.